The van der Waals surface area contributed by atoms with Gasteiger partial charge in [-0.3, -0.25) is 9.59 Å². The van der Waals surface area contributed by atoms with Crippen molar-refractivity contribution in [3.63, 3.8) is 0 Å². The Hall–Kier alpha value is -3.61. The first-order valence-electron chi connectivity index (χ1n) is 10.2. The van der Waals surface area contributed by atoms with Crippen molar-refractivity contribution in [2.75, 3.05) is 25.5 Å². The average molecular weight is 420 g/mol. The zero-order valence-corrected chi connectivity index (χ0v) is 17.5. The number of nitrogens with zero attached hydrogens (tertiary/aromatic N) is 1. The lowest BCUT2D eigenvalue weighted by Crippen LogP contribution is -2.41. The lowest BCUT2D eigenvalue weighted by molar-refractivity contribution is -0.121. The third-order valence-electron chi connectivity index (χ3n) is 5.71. The molecule has 0 atom stereocenters. The summed E-state index contributed by atoms with van der Waals surface area (Å²) in [5.41, 5.74) is 2.06. The molecule has 1 N–H and O–H groups in total. The fraction of sp³-hybridized carbons (Fsp3) is 0.292. The van der Waals surface area contributed by atoms with Gasteiger partial charge in [0.2, 0.25) is 5.91 Å². The van der Waals surface area contributed by atoms with Crippen LogP contribution in [0.4, 0.5) is 5.69 Å². The molecule has 31 heavy (non-hydrogen) atoms. The van der Waals surface area contributed by atoms with E-state index in [0.717, 1.165) is 10.9 Å². The lowest BCUT2D eigenvalue weighted by Gasteiger charge is -2.31. The Morgan fingerprint density at radius 2 is 1.77 bits per heavy atom. The minimum atomic E-state index is -0.414. The minimum absolute atomic E-state index is 0.0403. The van der Waals surface area contributed by atoms with Gasteiger partial charge in [0.25, 0.3) is 5.91 Å². The molecule has 7 heteroatoms. The molecule has 0 unspecified atom stereocenters. The van der Waals surface area contributed by atoms with E-state index in [0.29, 0.717) is 48.5 Å². The van der Waals surface area contributed by atoms with E-state index in [4.69, 9.17) is 9.15 Å². The van der Waals surface area contributed by atoms with E-state index >= 15 is 0 Å². The van der Waals surface area contributed by atoms with Gasteiger partial charge in [-0.1, -0.05) is 0 Å². The zero-order valence-electron chi connectivity index (χ0n) is 17.5. The Bertz CT molecular complexity index is 1170. The maximum absolute atomic E-state index is 12.7. The third-order valence-corrected chi connectivity index (χ3v) is 5.71. The van der Waals surface area contributed by atoms with Gasteiger partial charge < -0.3 is 19.4 Å². The van der Waals surface area contributed by atoms with Crippen LogP contribution in [0.1, 0.15) is 28.8 Å². The summed E-state index contributed by atoms with van der Waals surface area (Å²) < 4.78 is 10.4. The third kappa shape index (κ3) is 4.45. The summed E-state index contributed by atoms with van der Waals surface area (Å²) in [5.74, 6) is 0.391. The van der Waals surface area contributed by atoms with E-state index in [1.165, 1.54) is 6.07 Å². The van der Waals surface area contributed by atoms with E-state index in [2.05, 4.69) is 5.32 Å². The smallest absolute Gasteiger partial charge is 0.336 e. The van der Waals surface area contributed by atoms with Gasteiger partial charge in [0.05, 0.1) is 7.11 Å². The molecule has 0 spiro atoms. The second-order valence-electron chi connectivity index (χ2n) is 7.74. The molecule has 0 aliphatic carbocycles. The average Bonchev–Trinajstić information content (AvgIpc) is 2.78. The topological polar surface area (TPSA) is 88.9 Å². The summed E-state index contributed by atoms with van der Waals surface area (Å²) in [6.07, 6.45) is 1.19. The van der Waals surface area contributed by atoms with Crippen molar-refractivity contribution < 1.29 is 18.7 Å². The summed E-state index contributed by atoms with van der Waals surface area (Å²) in [7, 11) is 1.58. The van der Waals surface area contributed by atoms with Crippen LogP contribution in [0.15, 0.2) is 57.7 Å². The highest BCUT2D eigenvalue weighted by atomic mass is 16.5. The van der Waals surface area contributed by atoms with Gasteiger partial charge in [-0.2, -0.15) is 0 Å². The van der Waals surface area contributed by atoms with Crippen LogP contribution in [-0.4, -0.2) is 36.9 Å². The number of nitrogens with one attached hydrogen (secondary N) is 1. The first kappa shape index (κ1) is 20.7. The van der Waals surface area contributed by atoms with E-state index in [1.54, 1.807) is 48.4 Å². The summed E-state index contributed by atoms with van der Waals surface area (Å²) in [6, 6.07) is 13.8. The number of hydrogen-bond acceptors (Lipinski definition) is 5. The molecule has 3 aromatic rings. The molecule has 160 valence electrons. The van der Waals surface area contributed by atoms with E-state index in [-0.39, 0.29) is 17.7 Å². The van der Waals surface area contributed by atoms with E-state index < -0.39 is 5.63 Å². The number of carbonyl (C=O) groups excluding carboxylic acids is 2. The molecule has 1 saturated heterocycles. The van der Waals surface area contributed by atoms with Gasteiger partial charge >= 0.3 is 5.63 Å². The highest BCUT2D eigenvalue weighted by Crippen LogP contribution is 2.24. The van der Waals surface area contributed by atoms with Crippen molar-refractivity contribution in [1.82, 2.24) is 4.90 Å². The van der Waals surface area contributed by atoms with Crippen molar-refractivity contribution in [3.05, 3.63) is 70.1 Å². The van der Waals surface area contributed by atoms with Crippen LogP contribution < -0.4 is 15.7 Å². The standard InChI is InChI=1S/C24H24N2O5/c1-15-13-22(27)31-21-14-18(5-8-20(15)21)25-23(28)16-9-11-26(12-10-16)24(29)17-3-6-19(30-2)7-4-17/h3-8,13-14,16H,9-12H2,1-2H3,(H,25,28). The SMILES string of the molecule is COc1ccc(C(=O)N2CCC(C(=O)Nc3ccc4c(C)cc(=O)oc4c3)CC2)cc1. The Kier molecular flexibility index (Phi) is 5.75. The van der Waals surface area contributed by atoms with Crippen molar-refractivity contribution in [2.45, 2.75) is 19.8 Å². The highest BCUT2D eigenvalue weighted by Gasteiger charge is 2.28. The number of aryl methyl sites for hydroxylation is 1. The Morgan fingerprint density at radius 1 is 1.06 bits per heavy atom. The number of carbonyl (C=O) groups is 2. The van der Waals surface area contributed by atoms with Crippen LogP contribution >= 0.6 is 0 Å². The van der Waals surface area contributed by atoms with E-state index in [9.17, 15) is 14.4 Å². The summed E-state index contributed by atoms with van der Waals surface area (Å²) in [5, 5.41) is 3.75. The molecule has 2 aromatic carbocycles. The number of rotatable bonds is 4. The predicted octanol–water partition coefficient (Wildman–Crippen LogP) is 3.60. The van der Waals surface area contributed by atoms with Crippen molar-refractivity contribution >= 4 is 28.5 Å². The summed E-state index contributed by atoms with van der Waals surface area (Å²) in [6.45, 7) is 2.89. The van der Waals surface area contributed by atoms with Gasteiger partial charge in [-0.05, 0) is 61.7 Å². The van der Waals surface area contributed by atoms with Gasteiger partial charge in [0, 0.05) is 47.8 Å². The number of ether oxygens (including phenoxy) is 1. The second-order valence-corrected chi connectivity index (χ2v) is 7.74. The molecule has 0 radical (unpaired) electrons. The Labute approximate surface area is 179 Å². The van der Waals surface area contributed by atoms with Crippen molar-refractivity contribution in [1.29, 1.82) is 0 Å². The summed E-state index contributed by atoms with van der Waals surface area (Å²) >= 11 is 0. The molecule has 2 amide bonds. The first-order chi connectivity index (χ1) is 14.9. The molecule has 4 rings (SSSR count). The van der Waals surface area contributed by atoms with Gasteiger partial charge in [-0.15, -0.1) is 0 Å². The van der Waals surface area contributed by atoms with Gasteiger partial charge in [0.15, 0.2) is 0 Å². The highest BCUT2D eigenvalue weighted by molar-refractivity contribution is 5.96. The number of likely N-dealkylation sites (tertiary alicyclic amines) is 1. The fourth-order valence-electron chi connectivity index (χ4n) is 3.91. The number of methoxy groups -OCH3 is 1. The molecule has 0 bridgehead atoms. The van der Waals surface area contributed by atoms with Crippen LogP contribution in [0.25, 0.3) is 11.0 Å². The molecule has 1 aliphatic rings. The summed E-state index contributed by atoms with van der Waals surface area (Å²) in [4.78, 5) is 38.8. The second kappa shape index (κ2) is 8.63. The number of fused-ring (bicyclic) bond motifs is 1. The van der Waals surface area contributed by atoms with Crippen LogP contribution in [0.2, 0.25) is 0 Å². The largest absolute Gasteiger partial charge is 0.497 e. The van der Waals surface area contributed by atoms with Crippen LogP contribution in [0.3, 0.4) is 0 Å². The maximum Gasteiger partial charge on any atom is 0.336 e. The number of benzene rings is 2. The molecule has 7 nitrogen and oxygen atoms in total. The quantitative estimate of drug-likeness (QED) is 0.652. The molecule has 2 heterocycles. The van der Waals surface area contributed by atoms with Crippen LogP contribution in [0, 0.1) is 12.8 Å². The zero-order chi connectivity index (χ0) is 22.0. The normalized spacial score (nSPS) is 14.5. The number of hydrogen-bond donors (Lipinski definition) is 1. The first-order valence-corrected chi connectivity index (χ1v) is 10.2. The van der Waals surface area contributed by atoms with Crippen molar-refractivity contribution in [3.8, 4) is 5.75 Å². The Balaban J connectivity index is 1.37. The number of piperidine rings is 1. The van der Waals surface area contributed by atoms with Crippen LogP contribution in [0.5, 0.6) is 5.75 Å². The Morgan fingerprint density at radius 3 is 2.45 bits per heavy atom. The molecule has 0 saturated carbocycles. The van der Waals surface area contributed by atoms with Crippen molar-refractivity contribution in [2.24, 2.45) is 5.92 Å². The van der Waals surface area contributed by atoms with E-state index in [1.807, 2.05) is 13.0 Å². The molecular formula is C24H24N2O5. The minimum Gasteiger partial charge on any atom is -0.497 e. The van der Waals surface area contributed by atoms with Crippen LogP contribution in [-0.2, 0) is 4.79 Å². The predicted molar refractivity (Wildman–Crippen MR) is 117 cm³/mol. The fourth-order valence-corrected chi connectivity index (χ4v) is 3.91. The van der Waals surface area contributed by atoms with Gasteiger partial charge in [-0.25, -0.2) is 4.79 Å². The molecular weight excluding hydrogens is 396 g/mol. The molecule has 1 fully saturated rings. The maximum atomic E-state index is 12.7. The lowest BCUT2D eigenvalue weighted by atomic mass is 9.95. The number of anilines is 1. The monoisotopic (exact) mass is 420 g/mol. The number of amides is 2. The molecule has 1 aromatic heterocycles. The molecule has 1 aliphatic heterocycles. The van der Waals surface area contributed by atoms with Gasteiger partial charge in [0.1, 0.15) is 11.3 Å².